The highest BCUT2D eigenvalue weighted by molar-refractivity contribution is 14.1. The Morgan fingerprint density at radius 2 is 1.88 bits per heavy atom. The van der Waals surface area contributed by atoms with Gasteiger partial charge in [-0.3, -0.25) is 4.99 Å². The lowest BCUT2D eigenvalue weighted by atomic mass is 10.0. The molecule has 25 heavy (non-hydrogen) atoms. The van der Waals surface area contributed by atoms with Crippen molar-refractivity contribution < 1.29 is 14.3 Å². The van der Waals surface area contributed by atoms with E-state index in [4.69, 9.17) is 9.52 Å². The van der Waals surface area contributed by atoms with Gasteiger partial charge in [0, 0.05) is 9.13 Å². The summed E-state index contributed by atoms with van der Waals surface area (Å²) in [5, 5.41) is 9.05. The zero-order valence-corrected chi connectivity index (χ0v) is 15.9. The van der Waals surface area contributed by atoms with Gasteiger partial charge in [0.2, 0.25) is 0 Å². The molecule has 0 amide bonds. The van der Waals surface area contributed by atoms with E-state index in [0.29, 0.717) is 11.5 Å². The molecule has 0 atom stereocenters. The molecule has 0 radical (unpaired) electrons. The lowest BCUT2D eigenvalue weighted by Crippen LogP contribution is -1.96. The number of aromatic carboxylic acids is 1. The Bertz CT molecular complexity index is 973. The smallest absolute Gasteiger partial charge is 0.335 e. The van der Waals surface area contributed by atoms with Gasteiger partial charge in [0.25, 0.3) is 0 Å². The van der Waals surface area contributed by atoms with Crippen LogP contribution in [0.2, 0.25) is 0 Å². The van der Waals surface area contributed by atoms with Crippen molar-refractivity contribution in [1.82, 2.24) is 0 Å². The average Bonchev–Trinajstić information content (AvgIpc) is 3.04. The minimum atomic E-state index is -0.935. The molecule has 0 aliphatic carbocycles. The maximum atomic E-state index is 11.0. The first-order valence-electron chi connectivity index (χ1n) is 7.68. The summed E-state index contributed by atoms with van der Waals surface area (Å²) >= 11 is 2.29. The number of furan rings is 1. The molecule has 3 rings (SSSR count). The molecule has 5 heteroatoms. The molecule has 0 saturated heterocycles. The van der Waals surface area contributed by atoms with Gasteiger partial charge < -0.3 is 9.52 Å². The fraction of sp³-hybridized carbons (Fsp3) is 0.100. The maximum Gasteiger partial charge on any atom is 0.335 e. The summed E-state index contributed by atoms with van der Waals surface area (Å²) in [5.41, 5.74) is 4.05. The number of carboxylic acid groups (broad SMARTS) is 1. The predicted octanol–water partition coefficient (Wildman–Crippen LogP) is 5.62. The summed E-state index contributed by atoms with van der Waals surface area (Å²) in [7, 11) is 0. The first-order chi connectivity index (χ1) is 11.9. The molecule has 2 aromatic carbocycles. The monoisotopic (exact) mass is 445 g/mol. The van der Waals surface area contributed by atoms with E-state index in [1.165, 1.54) is 9.13 Å². The number of hydrogen-bond donors (Lipinski definition) is 1. The number of aliphatic imine (C=N–C) groups is 1. The van der Waals surface area contributed by atoms with Gasteiger partial charge in [-0.05, 0) is 90.0 Å². The first-order valence-corrected chi connectivity index (χ1v) is 8.76. The van der Waals surface area contributed by atoms with Crippen LogP contribution in [0.25, 0.3) is 11.3 Å². The molecule has 4 nitrogen and oxygen atoms in total. The average molecular weight is 445 g/mol. The Balaban J connectivity index is 1.84. The van der Waals surface area contributed by atoms with E-state index in [1.54, 1.807) is 24.4 Å². The van der Waals surface area contributed by atoms with Crippen molar-refractivity contribution in [2.24, 2.45) is 4.99 Å². The fourth-order valence-corrected chi connectivity index (χ4v) is 2.82. The Kier molecular flexibility index (Phi) is 5.03. The van der Waals surface area contributed by atoms with Crippen LogP contribution in [0.1, 0.15) is 27.2 Å². The number of nitrogens with zero attached hydrogens (tertiary/aromatic N) is 1. The number of rotatable bonds is 4. The summed E-state index contributed by atoms with van der Waals surface area (Å²) < 4.78 is 7.03. The van der Waals surface area contributed by atoms with Crippen molar-refractivity contribution in [3.05, 3.63) is 74.6 Å². The van der Waals surface area contributed by atoms with Crippen molar-refractivity contribution in [3.8, 4) is 11.3 Å². The highest BCUT2D eigenvalue weighted by Crippen LogP contribution is 2.26. The Morgan fingerprint density at radius 3 is 2.56 bits per heavy atom. The normalized spacial score (nSPS) is 11.2. The molecule has 0 aliphatic rings. The van der Waals surface area contributed by atoms with Crippen LogP contribution < -0.4 is 0 Å². The maximum absolute atomic E-state index is 11.0. The van der Waals surface area contributed by atoms with E-state index in [-0.39, 0.29) is 5.56 Å². The fourth-order valence-electron chi connectivity index (χ4n) is 2.49. The van der Waals surface area contributed by atoms with Gasteiger partial charge in [0.1, 0.15) is 11.5 Å². The van der Waals surface area contributed by atoms with Crippen LogP contribution in [0.4, 0.5) is 5.69 Å². The van der Waals surface area contributed by atoms with Crippen LogP contribution in [-0.4, -0.2) is 17.3 Å². The molecule has 0 unspecified atom stereocenters. The van der Waals surface area contributed by atoms with Crippen LogP contribution in [0, 0.1) is 17.4 Å². The number of benzene rings is 2. The number of carbonyl (C=O) groups is 1. The third-order valence-corrected chi connectivity index (χ3v) is 5.06. The van der Waals surface area contributed by atoms with E-state index < -0.39 is 5.97 Å². The molecular weight excluding hydrogens is 429 g/mol. The Morgan fingerprint density at radius 1 is 1.08 bits per heavy atom. The molecule has 0 bridgehead atoms. The molecule has 0 fully saturated rings. The number of carboxylic acids is 1. The number of aryl methyl sites for hydroxylation is 2. The second kappa shape index (κ2) is 7.23. The van der Waals surface area contributed by atoms with Crippen molar-refractivity contribution in [2.75, 3.05) is 0 Å². The minimum Gasteiger partial charge on any atom is -0.478 e. The van der Waals surface area contributed by atoms with E-state index in [2.05, 4.69) is 34.5 Å². The molecule has 3 aromatic rings. The summed E-state index contributed by atoms with van der Waals surface area (Å²) in [6.07, 6.45) is 1.69. The summed E-state index contributed by atoms with van der Waals surface area (Å²) in [6, 6.07) is 14.7. The lowest BCUT2D eigenvalue weighted by Gasteiger charge is -2.03. The standard InChI is InChI=1S/C20H16INO3/c1-12-9-14(20(23)24)3-6-17(12)19-8-5-16(25-19)11-22-15-4-7-18(21)13(2)10-15/h3-11H,1-2H3,(H,23,24). The number of halogens is 1. The molecule has 1 N–H and O–H groups in total. The second-order valence-corrected chi connectivity index (χ2v) is 6.89. The third kappa shape index (κ3) is 3.99. The Hall–Kier alpha value is -2.41. The van der Waals surface area contributed by atoms with Crippen LogP contribution in [-0.2, 0) is 0 Å². The molecule has 0 aliphatic heterocycles. The number of hydrogen-bond acceptors (Lipinski definition) is 3. The van der Waals surface area contributed by atoms with Gasteiger partial charge in [0.15, 0.2) is 0 Å². The lowest BCUT2D eigenvalue weighted by molar-refractivity contribution is 0.0697. The topological polar surface area (TPSA) is 62.8 Å². The zero-order chi connectivity index (χ0) is 18.0. The predicted molar refractivity (Wildman–Crippen MR) is 107 cm³/mol. The van der Waals surface area contributed by atoms with Crippen LogP contribution in [0.15, 0.2) is 57.9 Å². The minimum absolute atomic E-state index is 0.267. The molecular formula is C20H16INO3. The Labute approximate surface area is 159 Å². The highest BCUT2D eigenvalue weighted by atomic mass is 127. The van der Waals surface area contributed by atoms with E-state index in [9.17, 15) is 4.79 Å². The molecule has 0 spiro atoms. The first kappa shape index (κ1) is 17.4. The highest BCUT2D eigenvalue weighted by Gasteiger charge is 2.10. The van der Waals surface area contributed by atoms with Crippen molar-refractivity contribution in [2.45, 2.75) is 13.8 Å². The quantitative estimate of drug-likeness (QED) is 0.419. The summed E-state index contributed by atoms with van der Waals surface area (Å²) in [6.45, 7) is 3.92. The van der Waals surface area contributed by atoms with Gasteiger partial charge in [-0.2, -0.15) is 0 Å². The third-order valence-electron chi connectivity index (χ3n) is 3.85. The van der Waals surface area contributed by atoms with Crippen molar-refractivity contribution >= 4 is 40.5 Å². The molecule has 1 aromatic heterocycles. The van der Waals surface area contributed by atoms with Gasteiger partial charge in [0.05, 0.1) is 17.5 Å². The van der Waals surface area contributed by atoms with Crippen molar-refractivity contribution in [3.63, 3.8) is 0 Å². The molecule has 126 valence electrons. The summed E-state index contributed by atoms with van der Waals surface area (Å²) in [5.74, 6) is 0.400. The van der Waals surface area contributed by atoms with Gasteiger partial charge in [-0.1, -0.05) is 6.07 Å². The van der Waals surface area contributed by atoms with Gasteiger partial charge >= 0.3 is 5.97 Å². The van der Waals surface area contributed by atoms with Gasteiger partial charge in [-0.15, -0.1) is 0 Å². The van der Waals surface area contributed by atoms with Gasteiger partial charge in [-0.25, -0.2) is 4.79 Å². The molecule has 1 heterocycles. The van der Waals surface area contributed by atoms with Crippen molar-refractivity contribution in [1.29, 1.82) is 0 Å². The SMILES string of the molecule is Cc1cc(N=Cc2ccc(-c3ccc(C(=O)O)cc3C)o2)ccc1I. The van der Waals surface area contributed by atoms with E-state index in [0.717, 1.165) is 16.8 Å². The van der Waals surface area contributed by atoms with E-state index >= 15 is 0 Å². The largest absolute Gasteiger partial charge is 0.478 e. The summed E-state index contributed by atoms with van der Waals surface area (Å²) in [4.78, 5) is 15.5. The van der Waals surface area contributed by atoms with Crippen LogP contribution in [0.3, 0.4) is 0 Å². The van der Waals surface area contributed by atoms with E-state index in [1.807, 2.05) is 37.3 Å². The molecule has 0 saturated carbocycles. The second-order valence-electron chi connectivity index (χ2n) is 5.73. The van der Waals surface area contributed by atoms with Crippen LogP contribution in [0.5, 0.6) is 0 Å². The zero-order valence-electron chi connectivity index (χ0n) is 13.8. The van der Waals surface area contributed by atoms with Crippen LogP contribution >= 0.6 is 22.6 Å².